The summed E-state index contributed by atoms with van der Waals surface area (Å²) >= 11 is 6.98. The number of piperidine rings is 3. The molecule has 1 amide bonds. The van der Waals surface area contributed by atoms with E-state index >= 15 is 0 Å². The Balaban J connectivity index is 1.48. The molecule has 1 N–H and O–H groups in total. The van der Waals surface area contributed by atoms with Crippen molar-refractivity contribution in [1.29, 1.82) is 0 Å². The number of nitrogens with one attached hydrogen (secondary N) is 1. The monoisotopic (exact) mass is 352 g/mol. The van der Waals surface area contributed by atoms with Crippen LogP contribution in [0.2, 0.25) is 5.35 Å². The number of nitrogens with zero attached hydrogens (tertiary/aromatic N) is 3. The summed E-state index contributed by atoms with van der Waals surface area (Å²) in [6, 6.07) is 4.23. The Bertz CT molecular complexity index is 721. The van der Waals surface area contributed by atoms with Crippen LogP contribution in [0.3, 0.4) is 0 Å². The molecule has 2 atom stereocenters. The summed E-state index contributed by atoms with van der Waals surface area (Å²) in [5.41, 5.74) is 0. The SMILES string of the molecule is CC1C(NC(=O)c2ccc(-c3nnc(Cl)o3)s2)C2CCN1CC2. The second-order valence-electron chi connectivity index (χ2n) is 6.14. The van der Waals surface area contributed by atoms with E-state index in [2.05, 4.69) is 27.3 Å². The molecule has 2 unspecified atom stereocenters. The maximum absolute atomic E-state index is 12.6. The third kappa shape index (κ3) is 2.77. The maximum Gasteiger partial charge on any atom is 0.313 e. The van der Waals surface area contributed by atoms with Gasteiger partial charge in [0.25, 0.3) is 11.8 Å². The van der Waals surface area contributed by atoms with Crippen LogP contribution in [-0.4, -0.2) is 46.2 Å². The first-order chi connectivity index (χ1) is 11.1. The second kappa shape index (κ2) is 5.89. The van der Waals surface area contributed by atoms with E-state index in [1.54, 1.807) is 6.07 Å². The number of rotatable bonds is 3. The van der Waals surface area contributed by atoms with Crippen molar-refractivity contribution < 1.29 is 9.21 Å². The van der Waals surface area contributed by atoms with Crippen LogP contribution in [0.1, 0.15) is 29.4 Å². The average Bonchev–Trinajstić information content (AvgIpc) is 3.20. The van der Waals surface area contributed by atoms with Crippen molar-refractivity contribution in [2.24, 2.45) is 5.92 Å². The zero-order valence-electron chi connectivity index (χ0n) is 12.7. The highest BCUT2D eigenvalue weighted by Crippen LogP contribution is 2.33. The quantitative estimate of drug-likeness (QED) is 0.919. The first kappa shape index (κ1) is 15.1. The fraction of sp³-hybridized carbons (Fsp3) is 0.533. The van der Waals surface area contributed by atoms with Gasteiger partial charge in [0.2, 0.25) is 0 Å². The molecule has 2 bridgehead atoms. The molecule has 2 aromatic rings. The molecule has 0 saturated carbocycles. The van der Waals surface area contributed by atoms with Gasteiger partial charge in [0.05, 0.1) is 9.75 Å². The third-order valence-corrected chi connectivity index (χ3v) is 6.14. The molecule has 2 aromatic heterocycles. The standard InChI is InChI=1S/C15H17ClN4O2S/c1-8-12(9-4-6-20(8)7-5-9)17-13(21)10-2-3-11(23-10)14-18-19-15(16)22-14/h2-3,8-9,12H,4-7H2,1H3,(H,17,21). The van der Waals surface area contributed by atoms with Crippen LogP contribution in [0.15, 0.2) is 16.5 Å². The van der Waals surface area contributed by atoms with Gasteiger partial charge in [0.1, 0.15) is 0 Å². The van der Waals surface area contributed by atoms with Gasteiger partial charge in [-0.25, -0.2) is 0 Å². The summed E-state index contributed by atoms with van der Waals surface area (Å²) in [4.78, 5) is 16.4. The Morgan fingerprint density at radius 1 is 1.39 bits per heavy atom. The van der Waals surface area contributed by atoms with Crippen molar-refractivity contribution in [2.45, 2.75) is 31.8 Å². The third-order valence-electron chi connectivity index (χ3n) is 4.92. The normalized spacial score (nSPS) is 29.7. The molecule has 0 spiro atoms. The molecule has 0 radical (unpaired) electrons. The summed E-state index contributed by atoms with van der Waals surface area (Å²) in [5.74, 6) is 0.904. The Morgan fingerprint density at radius 2 is 2.17 bits per heavy atom. The average molecular weight is 353 g/mol. The predicted octanol–water partition coefficient (Wildman–Crippen LogP) is 2.66. The molecular weight excluding hydrogens is 336 g/mol. The molecule has 122 valence electrons. The van der Waals surface area contributed by atoms with Crippen molar-refractivity contribution >= 4 is 28.8 Å². The lowest BCUT2D eigenvalue weighted by Gasteiger charge is -2.49. The lowest BCUT2D eigenvalue weighted by Crippen LogP contribution is -2.62. The molecule has 3 aliphatic rings. The molecule has 0 aliphatic carbocycles. The van der Waals surface area contributed by atoms with Gasteiger partial charge in [-0.05, 0) is 62.5 Å². The van der Waals surface area contributed by atoms with Gasteiger partial charge in [0.15, 0.2) is 0 Å². The molecule has 0 aromatic carbocycles. The number of fused-ring (bicyclic) bond motifs is 3. The fourth-order valence-electron chi connectivity index (χ4n) is 3.65. The van der Waals surface area contributed by atoms with Crippen LogP contribution >= 0.6 is 22.9 Å². The van der Waals surface area contributed by atoms with Gasteiger partial charge in [-0.15, -0.1) is 16.4 Å². The number of hydrogen-bond donors (Lipinski definition) is 1. The van der Waals surface area contributed by atoms with Gasteiger partial charge in [-0.1, -0.05) is 5.10 Å². The van der Waals surface area contributed by atoms with E-state index in [1.165, 1.54) is 24.2 Å². The number of hydrogen-bond acceptors (Lipinski definition) is 6. The number of carbonyl (C=O) groups excluding carboxylic acids is 1. The molecule has 3 fully saturated rings. The van der Waals surface area contributed by atoms with E-state index in [4.69, 9.17) is 16.0 Å². The fourth-order valence-corrected chi connectivity index (χ4v) is 4.59. The lowest BCUT2D eigenvalue weighted by atomic mass is 9.79. The van der Waals surface area contributed by atoms with E-state index in [9.17, 15) is 4.79 Å². The minimum atomic E-state index is -0.0301. The lowest BCUT2D eigenvalue weighted by molar-refractivity contribution is 0.0218. The molecule has 8 heteroatoms. The van der Waals surface area contributed by atoms with E-state index in [0.29, 0.717) is 22.7 Å². The van der Waals surface area contributed by atoms with Crippen molar-refractivity contribution in [3.05, 3.63) is 22.4 Å². The minimum Gasteiger partial charge on any atom is -0.407 e. The zero-order chi connectivity index (χ0) is 16.0. The molecular formula is C15H17ClN4O2S. The zero-order valence-corrected chi connectivity index (χ0v) is 14.2. The Hall–Kier alpha value is -1.44. The van der Waals surface area contributed by atoms with Crippen molar-refractivity contribution in [1.82, 2.24) is 20.4 Å². The van der Waals surface area contributed by atoms with Gasteiger partial charge >= 0.3 is 5.35 Å². The summed E-state index contributed by atoms with van der Waals surface area (Å²) in [6.45, 7) is 4.51. The second-order valence-corrected chi connectivity index (χ2v) is 7.54. The Kier molecular flexibility index (Phi) is 3.87. The minimum absolute atomic E-state index is 0.000469. The molecule has 3 aliphatic heterocycles. The number of aromatic nitrogens is 2. The topological polar surface area (TPSA) is 71.3 Å². The summed E-state index contributed by atoms with van der Waals surface area (Å²) in [5, 5.41) is 10.7. The summed E-state index contributed by atoms with van der Waals surface area (Å²) in [6.07, 6.45) is 2.34. The van der Waals surface area contributed by atoms with Gasteiger partial charge < -0.3 is 9.73 Å². The van der Waals surface area contributed by atoms with Crippen LogP contribution in [0.5, 0.6) is 0 Å². The molecule has 5 heterocycles. The van der Waals surface area contributed by atoms with E-state index in [0.717, 1.165) is 18.0 Å². The highest BCUT2D eigenvalue weighted by atomic mass is 35.5. The maximum atomic E-state index is 12.6. The highest BCUT2D eigenvalue weighted by molar-refractivity contribution is 7.17. The molecule has 23 heavy (non-hydrogen) atoms. The molecule has 5 rings (SSSR count). The summed E-state index contributed by atoms with van der Waals surface area (Å²) < 4.78 is 5.19. The van der Waals surface area contributed by atoms with E-state index < -0.39 is 0 Å². The largest absolute Gasteiger partial charge is 0.407 e. The number of amides is 1. The smallest absolute Gasteiger partial charge is 0.313 e. The van der Waals surface area contributed by atoms with Crippen molar-refractivity contribution in [2.75, 3.05) is 13.1 Å². The number of carbonyl (C=O) groups is 1. The number of halogens is 1. The van der Waals surface area contributed by atoms with Crippen molar-refractivity contribution in [3.8, 4) is 10.8 Å². The highest BCUT2D eigenvalue weighted by Gasteiger charge is 2.40. The van der Waals surface area contributed by atoms with Crippen LogP contribution in [-0.2, 0) is 0 Å². The Morgan fingerprint density at radius 3 is 2.83 bits per heavy atom. The van der Waals surface area contributed by atoms with Crippen LogP contribution in [0, 0.1) is 5.92 Å². The predicted molar refractivity (Wildman–Crippen MR) is 87.6 cm³/mol. The van der Waals surface area contributed by atoms with Gasteiger partial charge in [-0.2, -0.15) is 0 Å². The first-order valence-electron chi connectivity index (χ1n) is 7.76. The van der Waals surface area contributed by atoms with E-state index in [1.807, 2.05) is 6.07 Å². The van der Waals surface area contributed by atoms with Gasteiger partial charge in [0, 0.05) is 12.1 Å². The van der Waals surface area contributed by atoms with Crippen LogP contribution < -0.4 is 5.32 Å². The Labute approximate surface area is 142 Å². The van der Waals surface area contributed by atoms with Crippen LogP contribution in [0.25, 0.3) is 10.8 Å². The van der Waals surface area contributed by atoms with Crippen LogP contribution in [0.4, 0.5) is 0 Å². The van der Waals surface area contributed by atoms with E-state index in [-0.39, 0.29) is 17.3 Å². The first-order valence-corrected chi connectivity index (χ1v) is 8.95. The molecule has 3 saturated heterocycles. The summed E-state index contributed by atoms with van der Waals surface area (Å²) in [7, 11) is 0. The van der Waals surface area contributed by atoms with Gasteiger partial charge in [-0.3, -0.25) is 9.69 Å². The number of thiophene rings is 1. The van der Waals surface area contributed by atoms with Crippen molar-refractivity contribution in [3.63, 3.8) is 0 Å². The molecule has 6 nitrogen and oxygen atoms in total.